The molecule has 0 aromatic heterocycles. The van der Waals surface area contributed by atoms with E-state index in [2.05, 4.69) is 0 Å². The Bertz CT molecular complexity index is 32.7. The van der Waals surface area contributed by atoms with Crippen LogP contribution in [0.5, 0.6) is 0 Å². The zero-order valence-electron chi connectivity index (χ0n) is 6.77. The van der Waals surface area contributed by atoms with Crippen molar-refractivity contribution in [2.75, 3.05) is 6.61 Å². The van der Waals surface area contributed by atoms with E-state index in [9.17, 15) is 0 Å². The highest BCUT2D eigenvalue weighted by Crippen LogP contribution is 2.01. The van der Waals surface area contributed by atoms with Crippen molar-refractivity contribution in [3.63, 3.8) is 0 Å². The van der Waals surface area contributed by atoms with Crippen LogP contribution >= 0.6 is 0 Å². The Morgan fingerprint density at radius 2 is 1.50 bits per heavy atom. The Morgan fingerprint density at radius 3 is 1.60 bits per heavy atom. The minimum Gasteiger partial charge on any atom is -0.424 e. The van der Waals surface area contributed by atoms with Crippen LogP contribution in [0.2, 0.25) is 6.04 Å². The van der Waals surface area contributed by atoms with Gasteiger partial charge in [0, 0.05) is 6.61 Å². The molecule has 12 N–H and O–H groups in total. The first kappa shape index (κ1) is 22.5. The maximum absolute atomic E-state index is 5.21. The quantitative estimate of drug-likeness (QED) is 0.399. The summed E-state index contributed by atoms with van der Waals surface area (Å²) in [5.74, 6) is 0. The molecule has 0 aromatic carbocycles. The van der Waals surface area contributed by atoms with Gasteiger partial charge >= 0.3 is 0 Å². The molecular formula is C4H22N4OSi. The van der Waals surface area contributed by atoms with Crippen LogP contribution in [0.3, 0.4) is 0 Å². The Kier molecular flexibility index (Phi) is 36.0. The van der Waals surface area contributed by atoms with Crippen molar-refractivity contribution in [2.45, 2.75) is 18.9 Å². The van der Waals surface area contributed by atoms with Gasteiger partial charge in [-0.2, -0.15) is 0 Å². The topological polar surface area (TPSA) is 149 Å². The molecule has 1 aliphatic rings. The summed E-state index contributed by atoms with van der Waals surface area (Å²) in [6, 6.07) is 1.42. The van der Waals surface area contributed by atoms with E-state index in [4.69, 9.17) is 4.43 Å². The van der Waals surface area contributed by atoms with E-state index in [0.29, 0.717) is 0 Å². The second-order valence-electron chi connectivity index (χ2n) is 1.67. The normalized spacial score (nSPS) is 16.8. The molecule has 0 bridgehead atoms. The van der Waals surface area contributed by atoms with Gasteiger partial charge in [0.15, 0.2) is 9.76 Å². The first-order valence-electron chi connectivity index (χ1n) is 2.58. The third-order valence-corrected chi connectivity index (χ3v) is 2.44. The molecule has 10 heavy (non-hydrogen) atoms. The van der Waals surface area contributed by atoms with Gasteiger partial charge < -0.3 is 29.0 Å². The lowest BCUT2D eigenvalue weighted by atomic mass is 10.4. The van der Waals surface area contributed by atoms with E-state index in [1.807, 2.05) is 0 Å². The van der Waals surface area contributed by atoms with E-state index in [1.54, 1.807) is 0 Å². The maximum Gasteiger partial charge on any atom is 0.161 e. The lowest BCUT2D eigenvalue weighted by Gasteiger charge is -2.07. The molecule has 0 atom stereocenters. The summed E-state index contributed by atoms with van der Waals surface area (Å²) in [5.41, 5.74) is 0. The molecule has 0 aromatic rings. The maximum atomic E-state index is 5.21. The lowest BCUT2D eigenvalue weighted by Crippen LogP contribution is -2.06. The van der Waals surface area contributed by atoms with Crippen molar-refractivity contribution in [1.29, 1.82) is 0 Å². The van der Waals surface area contributed by atoms with Crippen LogP contribution in [0, 0.1) is 0 Å². The molecule has 1 saturated heterocycles. The minimum absolute atomic E-state index is 0. The molecule has 1 heterocycles. The van der Waals surface area contributed by atoms with Gasteiger partial charge in [-0.05, 0) is 12.5 Å². The number of hydrogen-bond donors (Lipinski definition) is 4. The summed E-state index contributed by atoms with van der Waals surface area (Å²) < 4.78 is 5.21. The van der Waals surface area contributed by atoms with Crippen molar-refractivity contribution in [3.05, 3.63) is 0 Å². The standard InChI is InChI=1S/C4H10OSi.4H3N/c1-2-4-6-5-3-1;;;;/h1-4,6H2;4*1H3. The van der Waals surface area contributed by atoms with Crippen LogP contribution in [0.1, 0.15) is 12.8 Å². The van der Waals surface area contributed by atoms with Crippen LogP contribution in [0.4, 0.5) is 0 Å². The average molecular weight is 170 g/mol. The van der Waals surface area contributed by atoms with Gasteiger partial charge in [-0.1, -0.05) is 6.42 Å². The van der Waals surface area contributed by atoms with E-state index in [1.165, 1.54) is 18.9 Å². The SMILES string of the molecule is C1CC[SiH2]OC1.N.N.N.N. The molecule has 0 radical (unpaired) electrons. The van der Waals surface area contributed by atoms with Crippen molar-refractivity contribution >= 4 is 9.76 Å². The molecule has 68 valence electrons. The van der Waals surface area contributed by atoms with Gasteiger partial charge in [-0.15, -0.1) is 0 Å². The van der Waals surface area contributed by atoms with Gasteiger partial charge in [0.05, 0.1) is 0 Å². The summed E-state index contributed by atoms with van der Waals surface area (Å²) in [6.07, 6.45) is 2.75. The molecular weight excluding hydrogens is 148 g/mol. The second-order valence-corrected chi connectivity index (χ2v) is 3.20. The highest BCUT2D eigenvalue weighted by atomic mass is 28.2. The molecule has 0 saturated carbocycles. The highest BCUT2D eigenvalue weighted by molar-refractivity contribution is 6.27. The number of hydrogen-bond acceptors (Lipinski definition) is 5. The molecule has 5 nitrogen and oxygen atoms in total. The van der Waals surface area contributed by atoms with Crippen LogP contribution in [0.25, 0.3) is 0 Å². The Balaban J connectivity index is -0.0000000450. The minimum atomic E-state index is 0. The van der Waals surface area contributed by atoms with E-state index < -0.39 is 0 Å². The Labute approximate surface area is 65.2 Å². The second kappa shape index (κ2) is 16.0. The van der Waals surface area contributed by atoms with Crippen LogP contribution < -0.4 is 24.6 Å². The fourth-order valence-electron chi connectivity index (χ4n) is 0.687. The molecule has 0 amide bonds. The van der Waals surface area contributed by atoms with Crippen LogP contribution in [-0.4, -0.2) is 16.4 Å². The molecule has 0 spiro atoms. The van der Waals surface area contributed by atoms with E-state index in [-0.39, 0.29) is 34.4 Å². The van der Waals surface area contributed by atoms with Gasteiger partial charge in [-0.25, -0.2) is 0 Å². The van der Waals surface area contributed by atoms with E-state index in [0.717, 1.165) is 6.61 Å². The van der Waals surface area contributed by atoms with Gasteiger partial charge in [0.25, 0.3) is 0 Å². The highest BCUT2D eigenvalue weighted by Gasteiger charge is 1.96. The van der Waals surface area contributed by atoms with Crippen molar-refractivity contribution in [2.24, 2.45) is 0 Å². The Morgan fingerprint density at radius 1 is 0.900 bits per heavy atom. The molecule has 1 rings (SSSR count). The van der Waals surface area contributed by atoms with Crippen molar-refractivity contribution < 1.29 is 4.43 Å². The third kappa shape index (κ3) is 10.9. The van der Waals surface area contributed by atoms with Gasteiger partial charge in [0.1, 0.15) is 0 Å². The van der Waals surface area contributed by atoms with Gasteiger partial charge in [0.2, 0.25) is 0 Å². The third-order valence-electron chi connectivity index (χ3n) is 1.08. The van der Waals surface area contributed by atoms with Crippen LogP contribution in [0.15, 0.2) is 0 Å². The molecule has 0 aliphatic carbocycles. The summed E-state index contributed by atoms with van der Waals surface area (Å²) in [5, 5.41) is 0. The number of rotatable bonds is 0. The smallest absolute Gasteiger partial charge is 0.161 e. The van der Waals surface area contributed by atoms with E-state index >= 15 is 0 Å². The largest absolute Gasteiger partial charge is 0.424 e. The van der Waals surface area contributed by atoms with Crippen molar-refractivity contribution in [3.8, 4) is 0 Å². The molecule has 6 heteroatoms. The summed E-state index contributed by atoms with van der Waals surface area (Å²) in [6.45, 7) is 1.06. The zero-order valence-corrected chi connectivity index (χ0v) is 8.19. The molecule has 1 fully saturated rings. The van der Waals surface area contributed by atoms with Gasteiger partial charge in [-0.3, -0.25) is 0 Å². The Hall–Kier alpha value is 0.0169. The first-order valence-corrected chi connectivity index (χ1v) is 4.15. The fourth-order valence-corrected chi connectivity index (χ4v) is 1.86. The molecule has 0 unspecified atom stereocenters. The average Bonchev–Trinajstić information content (AvgIpc) is 1.72. The monoisotopic (exact) mass is 170 g/mol. The molecule has 1 aliphatic heterocycles. The summed E-state index contributed by atoms with van der Waals surface area (Å²) in [4.78, 5) is 0. The summed E-state index contributed by atoms with van der Waals surface area (Å²) >= 11 is 0. The fraction of sp³-hybridized carbons (Fsp3) is 1.00. The summed E-state index contributed by atoms with van der Waals surface area (Å²) in [7, 11) is 0.00849. The lowest BCUT2D eigenvalue weighted by molar-refractivity contribution is 0.304. The van der Waals surface area contributed by atoms with Crippen LogP contribution in [-0.2, 0) is 4.43 Å². The first-order chi connectivity index (χ1) is 3.00. The van der Waals surface area contributed by atoms with Crippen molar-refractivity contribution in [1.82, 2.24) is 24.6 Å². The zero-order chi connectivity index (χ0) is 4.24. The predicted molar refractivity (Wildman–Crippen MR) is 48.6 cm³/mol. The predicted octanol–water partition coefficient (Wildman–Crippen LogP) is 0.947.